The molecule has 3 heterocycles. The van der Waals surface area contributed by atoms with E-state index < -0.39 is 11.7 Å². The predicted molar refractivity (Wildman–Crippen MR) is 195 cm³/mol. The van der Waals surface area contributed by atoms with Crippen LogP contribution in [0.1, 0.15) is 87.1 Å². The number of fused-ring (bicyclic) bond motifs is 3. The molecule has 3 aromatic rings. The van der Waals surface area contributed by atoms with Crippen molar-refractivity contribution < 1.29 is 51.1 Å². The van der Waals surface area contributed by atoms with E-state index in [1.54, 1.807) is 12.1 Å². The number of nitrogens with one attached hydrogen (secondary N) is 2. The van der Waals surface area contributed by atoms with Crippen molar-refractivity contribution in [2.24, 2.45) is 11.8 Å². The molecule has 0 aromatic heterocycles. The Morgan fingerprint density at radius 1 is 0.980 bits per heavy atom. The van der Waals surface area contributed by atoms with E-state index in [-0.39, 0.29) is 46.5 Å². The second-order valence-electron chi connectivity index (χ2n) is 14.8. The summed E-state index contributed by atoms with van der Waals surface area (Å²) in [7, 11) is 0. The Labute approximate surface area is 313 Å². The van der Waals surface area contributed by atoms with Gasteiger partial charge in [-0.3, -0.25) is 4.79 Å². The zero-order chi connectivity index (χ0) is 35.0. The summed E-state index contributed by atoms with van der Waals surface area (Å²) in [5.41, 5.74) is 2.08. The van der Waals surface area contributed by atoms with E-state index in [1.807, 2.05) is 30.3 Å². The fourth-order valence-corrected chi connectivity index (χ4v) is 8.72. The van der Waals surface area contributed by atoms with Gasteiger partial charge in [0.2, 0.25) is 6.41 Å². The van der Waals surface area contributed by atoms with Crippen LogP contribution >= 0.6 is 0 Å². The highest BCUT2D eigenvalue weighted by atomic mass is 79.9. The van der Waals surface area contributed by atoms with Crippen molar-refractivity contribution in [1.82, 2.24) is 5.32 Å². The molecular weight excluding hydrogens is 710 g/mol. The quantitative estimate of drug-likeness (QED) is 0.0585. The molecule has 0 spiro atoms. The number of phenols is 1. The molecule has 0 unspecified atom stereocenters. The lowest BCUT2D eigenvalue weighted by atomic mass is 9.80. The molecule has 3 aromatic carbocycles. The summed E-state index contributed by atoms with van der Waals surface area (Å²) in [6, 6.07) is 23.2. The highest BCUT2D eigenvalue weighted by molar-refractivity contribution is 5.75. The van der Waals surface area contributed by atoms with E-state index in [0.29, 0.717) is 37.6 Å². The lowest BCUT2D eigenvalue weighted by Gasteiger charge is -2.53. The molecule has 10 heteroatoms. The van der Waals surface area contributed by atoms with Crippen molar-refractivity contribution >= 4 is 12.1 Å². The molecule has 7 rings (SSSR count). The first kappa shape index (κ1) is 39.2. The van der Waals surface area contributed by atoms with E-state index in [9.17, 15) is 20.1 Å². The molecule has 51 heavy (non-hydrogen) atoms. The van der Waals surface area contributed by atoms with Gasteiger partial charge in [0.05, 0.1) is 44.6 Å². The van der Waals surface area contributed by atoms with Crippen molar-refractivity contribution in [3.8, 4) is 11.5 Å². The minimum absolute atomic E-state index is 0. The lowest BCUT2D eigenvalue weighted by Crippen LogP contribution is -3.00. The van der Waals surface area contributed by atoms with Gasteiger partial charge in [0.15, 0.2) is 0 Å². The molecule has 4 fully saturated rings. The number of carbonyl (C=O) groups excluding carboxylic acids is 1. The summed E-state index contributed by atoms with van der Waals surface area (Å²) in [5.74, 6) is 1.66. The summed E-state index contributed by atoms with van der Waals surface area (Å²) in [4.78, 5) is 10.8. The molecule has 4 atom stereocenters. The van der Waals surface area contributed by atoms with E-state index in [0.717, 1.165) is 60.1 Å². The van der Waals surface area contributed by atoms with Crippen molar-refractivity contribution in [3.05, 3.63) is 89.5 Å². The SMILES string of the molecule is CC[C@H](NC[C@H](O)c1ccc(O)c(NC=O)c1)c1ccc(OCCC[N+]23CCC(CC2)[C@@H](OC[C@@](O)(c2ccccc2)C2CCCC2)C3)cc1.[Br-]. The average molecular weight is 767 g/mol. The number of benzene rings is 3. The van der Waals surface area contributed by atoms with Gasteiger partial charge >= 0.3 is 0 Å². The number of halogens is 1. The molecule has 278 valence electrons. The van der Waals surface area contributed by atoms with Crippen LogP contribution in [0, 0.1) is 11.8 Å². The number of nitrogens with zero attached hydrogens (tertiary/aromatic N) is 1. The molecule has 2 bridgehead atoms. The average Bonchev–Trinajstić information content (AvgIpc) is 3.71. The Bertz CT molecular complexity index is 1510. The number of aliphatic hydroxyl groups is 2. The van der Waals surface area contributed by atoms with Crippen LogP contribution in [0.4, 0.5) is 5.69 Å². The third kappa shape index (κ3) is 9.52. The van der Waals surface area contributed by atoms with Crippen molar-refractivity contribution in [2.75, 3.05) is 51.3 Å². The number of ether oxygens (including phenoxy) is 2. The standard InChI is InChI=1S/C41H55N3O6.BrH/c1-2-36(42-26-39(47)32-15-18-38(46)37(25-32)43-29-45)30-13-16-35(17-14-30)49-24-8-21-44-22-19-31(20-23-44)40(27-44)50-28-41(48,34-11-6-7-12-34)33-9-4-3-5-10-33;/h3-5,9-10,13-18,25,29,31,34,36,39-40,42,47-48H,2,6-8,11-12,19-24,26-28H2,1H3,(H-,43,45,46);1H/t31?,36-,39-,40-,41+,44?;/m0./s1. The second-order valence-corrected chi connectivity index (χ2v) is 14.8. The first-order valence-electron chi connectivity index (χ1n) is 18.7. The Kier molecular flexibility index (Phi) is 14.0. The number of phenolic OH excluding ortho intramolecular Hbond substituents is 1. The van der Waals surface area contributed by atoms with Gasteiger partial charge in [-0.2, -0.15) is 0 Å². The Hall–Kier alpha value is -2.99. The summed E-state index contributed by atoms with van der Waals surface area (Å²) in [5, 5.41) is 38.6. The molecule has 5 N–H and O–H groups in total. The van der Waals surface area contributed by atoms with Crippen molar-refractivity contribution in [2.45, 2.75) is 82.1 Å². The maximum atomic E-state index is 12.0. The molecule has 0 radical (unpaired) electrons. The largest absolute Gasteiger partial charge is 1.00 e. The van der Waals surface area contributed by atoms with Gasteiger partial charge in [0.25, 0.3) is 0 Å². The van der Waals surface area contributed by atoms with Gasteiger partial charge in [-0.25, -0.2) is 0 Å². The topological polar surface area (TPSA) is 120 Å². The van der Waals surface area contributed by atoms with Crippen LogP contribution in [0.5, 0.6) is 11.5 Å². The van der Waals surface area contributed by atoms with Crippen molar-refractivity contribution in [1.29, 1.82) is 0 Å². The number of hydrogen-bond acceptors (Lipinski definition) is 7. The van der Waals surface area contributed by atoms with Crippen LogP contribution in [0.25, 0.3) is 0 Å². The summed E-state index contributed by atoms with van der Waals surface area (Å²) < 4.78 is 14.0. The monoisotopic (exact) mass is 765 g/mol. The number of aromatic hydroxyl groups is 1. The minimum atomic E-state index is -0.916. The molecule has 9 nitrogen and oxygen atoms in total. The number of piperidine rings is 3. The van der Waals surface area contributed by atoms with Crippen LogP contribution in [-0.4, -0.2) is 78.3 Å². The predicted octanol–water partition coefficient (Wildman–Crippen LogP) is 3.21. The first-order chi connectivity index (χ1) is 24.3. The fourth-order valence-electron chi connectivity index (χ4n) is 8.72. The van der Waals surface area contributed by atoms with Gasteiger partial charge in [0, 0.05) is 37.8 Å². The second kappa shape index (κ2) is 18.2. The molecule has 3 aliphatic heterocycles. The van der Waals surface area contributed by atoms with Gasteiger partial charge in [0.1, 0.15) is 29.7 Å². The zero-order valence-corrected chi connectivity index (χ0v) is 31.5. The first-order valence-corrected chi connectivity index (χ1v) is 18.7. The van der Waals surface area contributed by atoms with Gasteiger partial charge in [-0.15, -0.1) is 0 Å². The summed E-state index contributed by atoms with van der Waals surface area (Å²) >= 11 is 0. The van der Waals surface area contributed by atoms with E-state index in [1.165, 1.54) is 44.8 Å². The highest BCUT2D eigenvalue weighted by Gasteiger charge is 2.48. The Morgan fingerprint density at radius 3 is 2.37 bits per heavy atom. The van der Waals surface area contributed by atoms with Crippen molar-refractivity contribution in [3.63, 3.8) is 0 Å². The van der Waals surface area contributed by atoms with Crippen LogP contribution in [0.2, 0.25) is 0 Å². The van der Waals surface area contributed by atoms with Gasteiger partial charge in [-0.05, 0) is 66.1 Å². The number of quaternary nitrogens is 1. The fraction of sp³-hybridized carbons (Fsp3) is 0.537. The highest BCUT2D eigenvalue weighted by Crippen LogP contribution is 2.43. The third-order valence-electron chi connectivity index (χ3n) is 11.8. The lowest BCUT2D eigenvalue weighted by molar-refractivity contribution is -0.946. The Morgan fingerprint density at radius 2 is 1.69 bits per heavy atom. The number of carbonyl (C=O) groups is 1. The van der Waals surface area contributed by atoms with E-state index in [4.69, 9.17) is 9.47 Å². The maximum absolute atomic E-state index is 12.0. The van der Waals surface area contributed by atoms with Crippen LogP contribution in [0.15, 0.2) is 72.8 Å². The third-order valence-corrected chi connectivity index (χ3v) is 11.8. The normalized spacial score (nSPS) is 23.9. The summed E-state index contributed by atoms with van der Waals surface area (Å²) in [6.07, 6.45) is 8.62. The number of anilines is 1. The van der Waals surface area contributed by atoms with Crippen LogP contribution in [0.3, 0.4) is 0 Å². The Balaban J connectivity index is 0.00000504. The van der Waals surface area contributed by atoms with Crippen LogP contribution in [-0.2, 0) is 15.1 Å². The number of aliphatic hydroxyl groups excluding tert-OH is 1. The molecule has 1 amide bonds. The molecule has 4 aliphatic rings. The maximum Gasteiger partial charge on any atom is 0.211 e. The molecular formula is C41H56BrN3O6. The molecule has 3 saturated heterocycles. The van der Waals surface area contributed by atoms with Gasteiger partial charge < -0.3 is 56.9 Å². The summed E-state index contributed by atoms with van der Waals surface area (Å²) in [6.45, 7) is 7.99. The molecule has 1 aliphatic carbocycles. The minimum Gasteiger partial charge on any atom is -1.00 e. The van der Waals surface area contributed by atoms with E-state index >= 15 is 0 Å². The van der Waals surface area contributed by atoms with Crippen LogP contribution < -0.4 is 32.4 Å². The smallest absolute Gasteiger partial charge is 0.211 e. The number of amides is 1. The number of hydrogen-bond donors (Lipinski definition) is 5. The molecule has 1 saturated carbocycles. The zero-order valence-electron chi connectivity index (χ0n) is 29.9. The number of rotatable bonds is 18. The van der Waals surface area contributed by atoms with Gasteiger partial charge in [-0.1, -0.05) is 68.3 Å². The van der Waals surface area contributed by atoms with E-state index in [2.05, 4.69) is 41.8 Å².